The number of nitrogens with zero attached hydrogens (tertiary/aromatic N) is 2. The Balaban J connectivity index is 1.52. The molecule has 2 aliphatic heterocycles. The fourth-order valence-corrected chi connectivity index (χ4v) is 5.66. The molecule has 1 unspecified atom stereocenters. The van der Waals surface area contributed by atoms with Gasteiger partial charge in [0.1, 0.15) is 11.6 Å². The summed E-state index contributed by atoms with van der Waals surface area (Å²) in [5.74, 6) is -1.80. The van der Waals surface area contributed by atoms with Crippen LogP contribution in [-0.4, -0.2) is 62.5 Å². The first-order chi connectivity index (χ1) is 18.2. The number of carbonyl (C=O) groups is 2. The molecular weight excluding hydrogens is 490 g/mol. The number of Topliss-reactive ketones (excluding diaryl/α,β-unsaturated/α-hetero) is 1. The second-order valence-electron chi connectivity index (χ2n) is 11.0. The average Bonchev–Trinajstić information content (AvgIpc) is 2.98. The molecule has 0 bridgehead atoms. The molecule has 1 fully saturated rings. The number of carbonyl (C=O) groups excluding carboxylic acids is 2. The standard InChI is InChI=1S/C29H34F2N4O3/c1-29(2)16-23-27(25(36)17-29)28(20-8-7-19(30)15-21(20)31)35(24-6-4-3-5-22(24)33-23)18-26(37)32-9-10-34-11-13-38-14-12-34/h3-8,15,28,33H,9-14,16-18H2,1-2H3,(H,32,37). The zero-order valence-corrected chi connectivity index (χ0v) is 21.9. The smallest absolute Gasteiger partial charge is 0.239 e. The van der Waals surface area contributed by atoms with Crippen LogP contribution in [0.2, 0.25) is 0 Å². The number of nitrogens with one attached hydrogen (secondary N) is 2. The molecule has 2 N–H and O–H groups in total. The lowest BCUT2D eigenvalue weighted by Gasteiger charge is -2.38. The van der Waals surface area contributed by atoms with E-state index >= 15 is 4.39 Å². The van der Waals surface area contributed by atoms with Crippen molar-refractivity contribution >= 4 is 23.1 Å². The van der Waals surface area contributed by atoms with Crippen molar-refractivity contribution in [3.63, 3.8) is 0 Å². The third-order valence-corrected chi connectivity index (χ3v) is 7.43. The van der Waals surface area contributed by atoms with Crippen molar-refractivity contribution in [1.29, 1.82) is 0 Å². The van der Waals surface area contributed by atoms with Crippen LogP contribution in [0, 0.1) is 17.0 Å². The van der Waals surface area contributed by atoms with Crippen molar-refractivity contribution in [1.82, 2.24) is 10.2 Å². The predicted molar refractivity (Wildman–Crippen MR) is 142 cm³/mol. The third kappa shape index (κ3) is 5.59. The molecule has 38 heavy (non-hydrogen) atoms. The minimum atomic E-state index is -0.893. The summed E-state index contributed by atoms with van der Waals surface area (Å²) in [7, 11) is 0. The average molecular weight is 525 g/mol. The van der Waals surface area contributed by atoms with Crippen LogP contribution in [0.25, 0.3) is 0 Å². The number of morpholine rings is 1. The fourth-order valence-electron chi connectivity index (χ4n) is 5.66. The van der Waals surface area contributed by atoms with E-state index in [1.165, 1.54) is 12.1 Å². The van der Waals surface area contributed by atoms with Gasteiger partial charge in [0.05, 0.1) is 37.2 Å². The molecule has 2 aromatic rings. The fraction of sp³-hybridized carbons (Fsp3) is 0.448. The minimum absolute atomic E-state index is 0.100. The summed E-state index contributed by atoms with van der Waals surface area (Å²) in [6, 6.07) is 9.97. The highest BCUT2D eigenvalue weighted by atomic mass is 19.1. The number of anilines is 2. The highest BCUT2D eigenvalue weighted by Gasteiger charge is 2.42. The van der Waals surface area contributed by atoms with E-state index in [2.05, 4.69) is 15.5 Å². The maximum absolute atomic E-state index is 15.4. The Labute approximate surface area is 221 Å². The molecule has 7 nitrogen and oxygen atoms in total. The maximum Gasteiger partial charge on any atom is 0.239 e. The van der Waals surface area contributed by atoms with Gasteiger partial charge in [-0.15, -0.1) is 0 Å². The number of rotatable bonds is 6. The normalized spacial score (nSPS) is 21.3. The molecule has 5 rings (SSSR count). The number of benzene rings is 2. The quantitative estimate of drug-likeness (QED) is 0.595. The first-order valence-electron chi connectivity index (χ1n) is 13.1. The van der Waals surface area contributed by atoms with E-state index in [4.69, 9.17) is 4.74 Å². The van der Waals surface area contributed by atoms with E-state index in [0.29, 0.717) is 56.1 Å². The molecule has 0 radical (unpaired) electrons. The molecule has 3 aliphatic rings. The number of allylic oxidation sites excluding steroid dienone is 1. The molecule has 1 aliphatic carbocycles. The van der Waals surface area contributed by atoms with E-state index < -0.39 is 17.7 Å². The number of hydrogen-bond acceptors (Lipinski definition) is 6. The SMILES string of the molecule is CC1(C)CC(=O)C2=C(C1)Nc1ccccc1N(CC(=O)NCCN1CCOCC1)C2c1ccc(F)cc1F. The van der Waals surface area contributed by atoms with E-state index in [9.17, 15) is 14.0 Å². The van der Waals surface area contributed by atoms with Gasteiger partial charge in [-0.2, -0.15) is 0 Å². The molecule has 0 aromatic heterocycles. The van der Waals surface area contributed by atoms with Crippen molar-refractivity contribution in [2.45, 2.75) is 32.7 Å². The summed E-state index contributed by atoms with van der Waals surface area (Å²) < 4.78 is 34.7. The zero-order chi connectivity index (χ0) is 26.9. The van der Waals surface area contributed by atoms with Crippen LogP contribution in [0.5, 0.6) is 0 Å². The van der Waals surface area contributed by atoms with E-state index in [-0.39, 0.29) is 29.2 Å². The Kier molecular flexibility index (Phi) is 7.49. The van der Waals surface area contributed by atoms with Gasteiger partial charge in [0.15, 0.2) is 5.78 Å². The molecule has 9 heteroatoms. The Morgan fingerprint density at radius 1 is 1.13 bits per heavy atom. The summed E-state index contributed by atoms with van der Waals surface area (Å²) >= 11 is 0. The van der Waals surface area contributed by atoms with Crippen molar-refractivity contribution in [2.75, 3.05) is 56.2 Å². The first-order valence-corrected chi connectivity index (χ1v) is 13.1. The van der Waals surface area contributed by atoms with Crippen molar-refractivity contribution in [3.05, 3.63) is 70.9 Å². The van der Waals surface area contributed by atoms with Crippen LogP contribution in [0.15, 0.2) is 53.7 Å². The van der Waals surface area contributed by atoms with Gasteiger partial charge in [-0.3, -0.25) is 14.5 Å². The van der Waals surface area contributed by atoms with Crippen LogP contribution in [-0.2, 0) is 14.3 Å². The molecular formula is C29H34F2N4O3. The van der Waals surface area contributed by atoms with E-state index in [0.717, 1.165) is 24.8 Å². The van der Waals surface area contributed by atoms with Gasteiger partial charge in [0.25, 0.3) is 0 Å². The molecule has 2 aromatic carbocycles. The van der Waals surface area contributed by atoms with Gasteiger partial charge in [0, 0.05) is 55.5 Å². The lowest BCUT2D eigenvalue weighted by atomic mass is 9.73. The molecule has 0 saturated carbocycles. The summed E-state index contributed by atoms with van der Waals surface area (Å²) in [6.07, 6.45) is 0.879. The lowest BCUT2D eigenvalue weighted by molar-refractivity contribution is -0.120. The number of ketones is 1. The van der Waals surface area contributed by atoms with Crippen LogP contribution in [0.3, 0.4) is 0 Å². The zero-order valence-electron chi connectivity index (χ0n) is 21.9. The maximum atomic E-state index is 15.4. The third-order valence-electron chi connectivity index (χ3n) is 7.43. The molecule has 2 heterocycles. The van der Waals surface area contributed by atoms with E-state index in [1.807, 2.05) is 38.1 Å². The van der Waals surface area contributed by atoms with Gasteiger partial charge in [0.2, 0.25) is 5.91 Å². The Morgan fingerprint density at radius 3 is 2.66 bits per heavy atom. The topological polar surface area (TPSA) is 73.9 Å². The first kappa shape index (κ1) is 26.3. The Bertz CT molecular complexity index is 1260. The van der Waals surface area contributed by atoms with Crippen molar-refractivity contribution in [2.24, 2.45) is 5.41 Å². The summed E-state index contributed by atoms with van der Waals surface area (Å²) in [6.45, 7) is 8.12. The van der Waals surface area contributed by atoms with Crippen LogP contribution < -0.4 is 15.5 Å². The van der Waals surface area contributed by atoms with Gasteiger partial charge in [-0.25, -0.2) is 8.78 Å². The van der Waals surface area contributed by atoms with Gasteiger partial charge < -0.3 is 20.3 Å². The summed E-state index contributed by atoms with van der Waals surface area (Å²) in [4.78, 5) is 30.9. The molecule has 1 saturated heterocycles. The number of halogens is 2. The number of para-hydroxylation sites is 2. The number of hydrogen-bond donors (Lipinski definition) is 2. The van der Waals surface area contributed by atoms with Crippen molar-refractivity contribution in [3.8, 4) is 0 Å². The predicted octanol–water partition coefficient (Wildman–Crippen LogP) is 4.03. The van der Waals surface area contributed by atoms with Gasteiger partial charge in [-0.1, -0.05) is 32.0 Å². The monoisotopic (exact) mass is 524 g/mol. The Morgan fingerprint density at radius 2 is 1.89 bits per heavy atom. The second-order valence-corrected chi connectivity index (χ2v) is 11.0. The molecule has 1 atom stereocenters. The number of fused-ring (bicyclic) bond motifs is 1. The lowest BCUT2D eigenvalue weighted by Crippen LogP contribution is -2.45. The second kappa shape index (κ2) is 10.8. The largest absolute Gasteiger partial charge is 0.379 e. The van der Waals surface area contributed by atoms with Crippen LogP contribution in [0.4, 0.5) is 20.2 Å². The van der Waals surface area contributed by atoms with Crippen molar-refractivity contribution < 1.29 is 23.1 Å². The number of amides is 1. The Hall–Kier alpha value is -3.30. The molecule has 202 valence electrons. The number of ether oxygens (including phenoxy) is 1. The summed E-state index contributed by atoms with van der Waals surface area (Å²) in [5.41, 5.74) is 2.41. The van der Waals surface area contributed by atoms with E-state index in [1.54, 1.807) is 4.90 Å². The van der Waals surface area contributed by atoms with Crippen LogP contribution >= 0.6 is 0 Å². The highest BCUT2D eigenvalue weighted by molar-refractivity contribution is 6.01. The minimum Gasteiger partial charge on any atom is -0.379 e. The summed E-state index contributed by atoms with van der Waals surface area (Å²) in [5, 5.41) is 6.42. The molecule has 1 amide bonds. The van der Waals surface area contributed by atoms with Gasteiger partial charge >= 0.3 is 0 Å². The molecule has 0 spiro atoms. The van der Waals surface area contributed by atoms with Gasteiger partial charge in [-0.05, 0) is 30.0 Å². The van der Waals surface area contributed by atoms with Crippen LogP contribution in [0.1, 0.15) is 38.3 Å². The highest BCUT2D eigenvalue weighted by Crippen LogP contribution is 2.48.